The highest BCUT2D eigenvalue weighted by Crippen LogP contribution is 2.10. The normalized spacial score (nSPS) is 10.1. The van der Waals surface area contributed by atoms with Gasteiger partial charge in [-0.05, 0) is 38.1 Å². The number of ketones is 1. The molecule has 0 saturated heterocycles. The molecule has 1 aromatic carbocycles. The summed E-state index contributed by atoms with van der Waals surface area (Å²) >= 11 is 0. The summed E-state index contributed by atoms with van der Waals surface area (Å²) in [5, 5.41) is 3.23. The fraction of sp³-hybridized carbons (Fsp3) is 0.214. The molecule has 0 spiro atoms. The van der Waals surface area contributed by atoms with Crippen LogP contribution in [0.5, 0.6) is 0 Å². The smallest absolute Gasteiger partial charge is 0.159 e. The number of rotatable bonds is 4. The van der Waals surface area contributed by atoms with E-state index in [0.29, 0.717) is 6.54 Å². The number of hydrogen-bond donors (Lipinski definition) is 1. The number of nitrogens with one attached hydrogen (secondary N) is 1. The van der Waals surface area contributed by atoms with Crippen molar-refractivity contribution in [1.29, 1.82) is 0 Å². The maximum atomic E-state index is 11.1. The average Bonchev–Trinajstić information content (AvgIpc) is 2.38. The lowest BCUT2D eigenvalue weighted by Gasteiger charge is -2.06. The van der Waals surface area contributed by atoms with Crippen LogP contribution < -0.4 is 5.32 Å². The summed E-state index contributed by atoms with van der Waals surface area (Å²) in [6, 6.07) is 7.40. The van der Waals surface area contributed by atoms with Crippen molar-refractivity contribution in [3.8, 4) is 0 Å². The van der Waals surface area contributed by atoms with Crippen molar-refractivity contribution in [2.24, 2.45) is 0 Å². The third-order valence-corrected chi connectivity index (χ3v) is 2.60. The van der Waals surface area contributed by atoms with Gasteiger partial charge in [0.05, 0.1) is 24.1 Å². The molecule has 18 heavy (non-hydrogen) atoms. The third-order valence-electron chi connectivity index (χ3n) is 2.60. The first-order chi connectivity index (χ1) is 8.65. The summed E-state index contributed by atoms with van der Waals surface area (Å²) in [4.78, 5) is 19.6. The second kappa shape index (κ2) is 5.40. The minimum atomic E-state index is 0.0750. The van der Waals surface area contributed by atoms with Gasteiger partial charge in [0.25, 0.3) is 0 Å². The number of nitrogens with zero attached hydrogens (tertiary/aromatic N) is 2. The van der Waals surface area contributed by atoms with Gasteiger partial charge in [-0.25, -0.2) is 0 Å². The van der Waals surface area contributed by atoms with E-state index < -0.39 is 0 Å². The second-order valence-electron chi connectivity index (χ2n) is 4.14. The summed E-state index contributed by atoms with van der Waals surface area (Å²) < 4.78 is 0. The number of carbonyl (C=O) groups is 1. The van der Waals surface area contributed by atoms with E-state index in [-0.39, 0.29) is 5.78 Å². The first kappa shape index (κ1) is 12.2. The summed E-state index contributed by atoms with van der Waals surface area (Å²) in [7, 11) is 0. The molecule has 0 aliphatic rings. The van der Waals surface area contributed by atoms with Crippen LogP contribution in [0.1, 0.15) is 28.7 Å². The van der Waals surface area contributed by atoms with Crippen molar-refractivity contribution in [2.45, 2.75) is 20.4 Å². The third kappa shape index (κ3) is 3.13. The van der Waals surface area contributed by atoms with Gasteiger partial charge >= 0.3 is 0 Å². The van der Waals surface area contributed by atoms with E-state index in [1.165, 1.54) is 0 Å². The molecule has 1 heterocycles. The number of Topliss-reactive ketones (excluding diaryl/α,β-unsaturated/α-hetero) is 1. The minimum absolute atomic E-state index is 0.0750. The average molecular weight is 241 g/mol. The Morgan fingerprint density at radius 1 is 1.17 bits per heavy atom. The number of carbonyl (C=O) groups excluding carboxylic acids is 1. The van der Waals surface area contributed by atoms with Crippen molar-refractivity contribution in [3.63, 3.8) is 0 Å². The Morgan fingerprint density at radius 3 is 2.44 bits per heavy atom. The fourth-order valence-electron chi connectivity index (χ4n) is 1.53. The lowest BCUT2D eigenvalue weighted by atomic mass is 10.1. The predicted molar refractivity (Wildman–Crippen MR) is 70.5 cm³/mol. The Hall–Kier alpha value is -2.23. The molecule has 0 amide bonds. The van der Waals surface area contributed by atoms with E-state index in [4.69, 9.17) is 0 Å². The van der Waals surface area contributed by atoms with Gasteiger partial charge in [0.2, 0.25) is 0 Å². The molecule has 0 aliphatic heterocycles. The Labute approximate surface area is 106 Å². The molecule has 4 heteroatoms. The Bertz CT molecular complexity index is 532. The van der Waals surface area contributed by atoms with Crippen LogP contribution in [0.25, 0.3) is 0 Å². The summed E-state index contributed by atoms with van der Waals surface area (Å²) in [5.74, 6) is 0.0750. The summed E-state index contributed by atoms with van der Waals surface area (Å²) in [6.07, 6.45) is 3.50. The fourth-order valence-corrected chi connectivity index (χ4v) is 1.53. The zero-order valence-electron chi connectivity index (χ0n) is 10.5. The van der Waals surface area contributed by atoms with Crippen molar-refractivity contribution < 1.29 is 4.79 Å². The summed E-state index contributed by atoms with van der Waals surface area (Å²) in [5.41, 5.74) is 3.47. The summed E-state index contributed by atoms with van der Waals surface area (Å²) in [6.45, 7) is 4.09. The zero-order chi connectivity index (χ0) is 13.0. The Morgan fingerprint density at radius 2 is 1.89 bits per heavy atom. The zero-order valence-corrected chi connectivity index (χ0v) is 10.5. The minimum Gasteiger partial charge on any atom is -0.379 e. The highest BCUT2D eigenvalue weighted by molar-refractivity contribution is 5.94. The first-order valence-electron chi connectivity index (χ1n) is 5.77. The van der Waals surface area contributed by atoms with Gasteiger partial charge in [-0.2, -0.15) is 0 Å². The molecule has 0 saturated carbocycles. The second-order valence-corrected chi connectivity index (χ2v) is 4.14. The monoisotopic (exact) mass is 241 g/mol. The molecule has 2 aromatic rings. The molecule has 4 nitrogen and oxygen atoms in total. The van der Waals surface area contributed by atoms with Crippen LogP contribution in [0.4, 0.5) is 5.69 Å². The predicted octanol–water partition coefficient (Wildman–Crippen LogP) is 2.60. The van der Waals surface area contributed by atoms with E-state index in [1.54, 1.807) is 19.3 Å². The largest absolute Gasteiger partial charge is 0.379 e. The van der Waals surface area contributed by atoms with Gasteiger partial charge in [-0.1, -0.05) is 0 Å². The number of aromatic nitrogens is 2. The van der Waals surface area contributed by atoms with Crippen LogP contribution in [0.2, 0.25) is 0 Å². The molecular weight excluding hydrogens is 226 g/mol. The van der Waals surface area contributed by atoms with Crippen LogP contribution in [-0.2, 0) is 6.54 Å². The van der Waals surface area contributed by atoms with E-state index in [0.717, 1.165) is 22.6 Å². The first-order valence-corrected chi connectivity index (χ1v) is 5.77. The van der Waals surface area contributed by atoms with Gasteiger partial charge in [0.15, 0.2) is 5.78 Å². The highest BCUT2D eigenvalue weighted by atomic mass is 16.1. The van der Waals surface area contributed by atoms with Crippen molar-refractivity contribution in [1.82, 2.24) is 9.97 Å². The van der Waals surface area contributed by atoms with Gasteiger partial charge < -0.3 is 5.32 Å². The van der Waals surface area contributed by atoms with Crippen LogP contribution in [0.3, 0.4) is 0 Å². The molecule has 1 aromatic heterocycles. The molecular formula is C14H15N3O. The molecule has 0 aliphatic carbocycles. The number of anilines is 1. The van der Waals surface area contributed by atoms with Crippen molar-refractivity contribution >= 4 is 11.5 Å². The molecule has 0 atom stereocenters. The standard InChI is InChI=1S/C14H15N3O/c1-10-7-16-14(8-15-10)9-17-13-5-3-12(4-6-13)11(2)18/h3-8,17H,9H2,1-2H3. The van der Waals surface area contributed by atoms with Crippen LogP contribution in [0.15, 0.2) is 36.7 Å². The molecule has 0 fully saturated rings. The number of benzene rings is 1. The molecule has 0 unspecified atom stereocenters. The quantitative estimate of drug-likeness (QED) is 0.836. The number of aryl methyl sites for hydroxylation is 1. The Balaban J connectivity index is 1.97. The van der Waals surface area contributed by atoms with Gasteiger partial charge in [0, 0.05) is 17.4 Å². The topological polar surface area (TPSA) is 54.9 Å². The molecule has 92 valence electrons. The van der Waals surface area contributed by atoms with Crippen molar-refractivity contribution in [3.05, 3.63) is 53.6 Å². The van der Waals surface area contributed by atoms with Gasteiger partial charge in [-0.3, -0.25) is 14.8 Å². The maximum Gasteiger partial charge on any atom is 0.159 e. The van der Waals surface area contributed by atoms with Crippen LogP contribution >= 0.6 is 0 Å². The van der Waals surface area contributed by atoms with Gasteiger partial charge in [0.1, 0.15) is 0 Å². The van der Waals surface area contributed by atoms with Crippen LogP contribution in [-0.4, -0.2) is 15.8 Å². The Kier molecular flexibility index (Phi) is 3.67. The molecule has 2 rings (SSSR count). The van der Waals surface area contributed by atoms with E-state index in [9.17, 15) is 4.79 Å². The lowest BCUT2D eigenvalue weighted by molar-refractivity contribution is 0.101. The molecule has 0 bridgehead atoms. The van der Waals surface area contributed by atoms with E-state index in [1.807, 2.05) is 31.2 Å². The maximum absolute atomic E-state index is 11.1. The van der Waals surface area contributed by atoms with E-state index in [2.05, 4.69) is 15.3 Å². The molecule has 0 radical (unpaired) electrons. The van der Waals surface area contributed by atoms with Crippen molar-refractivity contribution in [2.75, 3.05) is 5.32 Å². The molecule has 1 N–H and O–H groups in total. The van der Waals surface area contributed by atoms with Crippen LogP contribution in [0, 0.1) is 6.92 Å². The SMILES string of the molecule is CC(=O)c1ccc(NCc2cnc(C)cn2)cc1. The lowest BCUT2D eigenvalue weighted by Crippen LogP contribution is -2.03. The highest BCUT2D eigenvalue weighted by Gasteiger charge is 1.99. The number of hydrogen-bond acceptors (Lipinski definition) is 4. The van der Waals surface area contributed by atoms with Gasteiger partial charge in [-0.15, -0.1) is 0 Å². The van der Waals surface area contributed by atoms with E-state index >= 15 is 0 Å².